The minimum Gasteiger partial charge on any atom is -0.407 e. The van der Waals surface area contributed by atoms with Crippen molar-refractivity contribution in [1.29, 1.82) is 0 Å². The van der Waals surface area contributed by atoms with Gasteiger partial charge in [-0.2, -0.15) is 0 Å². The van der Waals surface area contributed by atoms with Gasteiger partial charge in [-0.15, -0.1) is 0 Å². The summed E-state index contributed by atoms with van der Waals surface area (Å²) in [5.74, 6) is -0.615. The standard InChI is InChI=1S/C30H32FN3O2/c1-30(21-13-3-2-4-14-22-32-29(35)36-26-20-12-11-19-25(26)31)33-27(23-15-7-5-8-16-23)28(34-30)24-17-9-6-10-18-24/h5-12,15-20H,2-4,13-14,21-22H2,1H3,(H,32,35). The Morgan fingerprint density at radius 3 is 1.92 bits per heavy atom. The smallest absolute Gasteiger partial charge is 0.407 e. The Morgan fingerprint density at radius 2 is 1.31 bits per heavy atom. The molecule has 4 rings (SSSR count). The number of benzene rings is 3. The zero-order valence-electron chi connectivity index (χ0n) is 20.6. The fourth-order valence-electron chi connectivity index (χ4n) is 4.29. The Bertz CT molecular complexity index is 1150. The number of rotatable bonds is 11. The molecule has 0 unspecified atom stereocenters. The third-order valence-electron chi connectivity index (χ3n) is 6.16. The van der Waals surface area contributed by atoms with Crippen LogP contribution < -0.4 is 10.1 Å². The molecule has 3 aromatic carbocycles. The van der Waals surface area contributed by atoms with Gasteiger partial charge in [0.2, 0.25) is 0 Å². The summed E-state index contributed by atoms with van der Waals surface area (Å²) in [6, 6.07) is 26.4. The molecule has 3 aromatic rings. The highest BCUT2D eigenvalue weighted by atomic mass is 19.1. The highest BCUT2D eigenvalue weighted by Gasteiger charge is 2.32. The molecule has 1 aliphatic rings. The number of hydrogen-bond donors (Lipinski definition) is 1. The van der Waals surface area contributed by atoms with Crippen molar-refractivity contribution in [1.82, 2.24) is 5.32 Å². The number of carbonyl (C=O) groups excluding carboxylic acids is 1. The fraction of sp³-hybridized carbons (Fsp3) is 0.300. The molecule has 1 aliphatic heterocycles. The van der Waals surface area contributed by atoms with Crippen LogP contribution in [0.25, 0.3) is 0 Å². The first kappa shape index (κ1) is 25.3. The molecule has 0 saturated heterocycles. The topological polar surface area (TPSA) is 63.0 Å². The number of amides is 1. The Labute approximate surface area is 212 Å². The predicted molar refractivity (Wildman–Crippen MR) is 142 cm³/mol. The summed E-state index contributed by atoms with van der Waals surface area (Å²) in [4.78, 5) is 22.0. The zero-order chi connectivity index (χ0) is 25.2. The van der Waals surface area contributed by atoms with Crippen LogP contribution in [0.15, 0.2) is 94.9 Å². The number of para-hydroxylation sites is 1. The van der Waals surface area contributed by atoms with E-state index in [9.17, 15) is 9.18 Å². The molecule has 0 spiro atoms. The molecule has 0 aromatic heterocycles. The van der Waals surface area contributed by atoms with E-state index < -0.39 is 17.6 Å². The number of halogens is 1. The summed E-state index contributed by atoms with van der Waals surface area (Å²) in [5, 5.41) is 2.68. The number of aliphatic imine (C=N–C) groups is 2. The first-order valence-corrected chi connectivity index (χ1v) is 12.6. The van der Waals surface area contributed by atoms with Crippen LogP contribution in [0, 0.1) is 5.82 Å². The first-order valence-electron chi connectivity index (χ1n) is 12.6. The molecule has 0 atom stereocenters. The van der Waals surface area contributed by atoms with Crippen LogP contribution in [0.5, 0.6) is 5.75 Å². The van der Waals surface area contributed by atoms with E-state index in [-0.39, 0.29) is 5.75 Å². The van der Waals surface area contributed by atoms with E-state index >= 15 is 0 Å². The van der Waals surface area contributed by atoms with Gasteiger partial charge in [0.15, 0.2) is 11.6 Å². The van der Waals surface area contributed by atoms with Gasteiger partial charge < -0.3 is 10.1 Å². The van der Waals surface area contributed by atoms with Crippen LogP contribution in [0.3, 0.4) is 0 Å². The Balaban J connectivity index is 1.21. The number of hydrogen-bond acceptors (Lipinski definition) is 4. The lowest BCUT2D eigenvalue weighted by molar-refractivity contribution is 0.198. The number of nitrogens with one attached hydrogen (secondary N) is 1. The third-order valence-corrected chi connectivity index (χ3v) is 6.16. The molecule has 0 aliphatic carbocycles. The maximum absolute atomic E-state index is 13.5. The summed E-state index contributed by atoms with van der Waals surface area (Å²) < 4.78 is 18.5. The van der Waals surface area contributed by atoms with Crippen LogP contribution in [-0.2, 0) is 0 Å². The second-order valence-electron chi connectivity index (χ2n) is 9.13. The van der Waals surface area contributed by atoms with Crippen molar-refractivity contribution in [2.24, 2.45) is 9.98 Å². The maximum atomic E-state index is 13.5. The van der Waals surface area contributed by atoms with Gasteiger partial charge in [-0.1, -0.05) is 92.1 Å². The Hall–Kier alpha value is -3.80. The van der Waals surface area contributed by atoms with Crippen LogP contribution >= 0.6 is 0 Å². The summed E-state index contributed by atoms with van der Waals surface area (Å²) in [5.41, 5.74) is 3.62. The van der Waals surface area contributed by atoms with Crippen molar-refractivity contribution in [2.45, 2.75) is 51.1 Å². The molecule has 186 valence electrons. The van der Waals surface area contributed by atoms with Crippen molar-refractivity contribution in [3.05, 3.63) is 102 Å². The number of ether oxygens (including phenoxy) is 1. The largest absolute Gasteiger partial charge is 0.412 e. The maximum Gasteiger partial charge on any atom is 0.412 e. The molecule has 1 N–H and O–H groups in total. The second-order valence-corrected chi connectivity index (χ2v) is 9.13. The quantitative estimate of drug-likeness (QED) is 0.298. The first-order chi connectivity index (χ1) is 17.5. The molecular formula is C30H32FN3O2. The Morgan fingerprint density at radius 1 is 0.778 bits per heavy atom. The third kappa shape index (κ3) is 6.87. The normalized spacial score (nSPS) is 14.2. The van der Waals surface area contributed by atoms with Gasteiger partial charge in [0.05, 0.1) is 11.4 Å². The van der Waals surface area contributed by atoms with Crippen LogP contribution in [0.1, 0.15) is 56.6 Å². The highest BCUT2D eigenvalue weighted by Crippen LogP contribution is 2.30. The second kappa shape index (κ2) is 12.2. The molecule has 0 saturated carbocycles. The monoisotopic (exact) mass is 485 g/mol. The van der Waals surface area contributed by atoms with Gasteiger partial charge in [0, 0.05) is 17.7 Å². The molecule has 0 radical (unpaired) electrons. The fourth-order valence-corrected chi connectivity index (χ4v) is 4.29. The zero-order valence-corrected chi connectivity index (χ0v) is 20.6. The van der Waals surface area contributed by atoms with E-state index in [2.05, 4.69) is 36.5 Å². The van der Waals surface area contributed by atoms with Crippen molar-refractivity contribution in [3.63, 3.8) is 0 Å². The van der Waals surface area contributed by atoms with Gasteiger partial charge in [0.25, 0.3) is 0 Å². The molecule has 6 heteroatoms. The molecule has 0 fully saturated rings. The molecule has 0 bridgehead atoms. The lowest BCUT2D eigenvalue weighted by Gasteiger charge is -2.17. The average molecular weight is 486 g/mol. The lowest BCUT2D eigenvalue weighted by Crippen LogP contribution is -2.28. The minimum atomic E-state index is -0.631. The molecule has 1 heterocycles. The van der Waals surface area contributed by atoms with Crippen molar-refractivity contribution >= 4 is 17.5 Å². The van der Waals surface area contributed by atoms with Gasteiger partial charge in [-0.3, -0.25) is 9.98 Å². The van der Waals surface area contributed by atoms with Crippen LogP contribution in [-0.4, -0.2) is 29.7 Å². The molecular weight excluding hydrogens is 453 g/mol. The minimum absolute atomic E-state index is 0.0634. The molecule has 1 amide bonds. The van der Waals surface area contributed by atoms with Gasteiger partial charge in [-0.25, -0.2) is 9.18 Å². The van der Waals surface area contributed by atoms with Gasteiger partial charge in [-0.05, 0) is 38.3 Å². The SMILES string of the molecule is CC1(CCCCCCCNC(=O)Oc2ccccc2F)N=C(c2ccccc2)C(c2ccccc2)=N1. The van der Waals surface area contributed by atoms with E-state index in [1.54, 1.807) is 12.1 Å². The van der Waals surface area contributed by atoms with Crippen LogP contribution in [0.4, 0.5) is 9.18 Å². The van der Waals surface area contributed by atoms with Crippen LogP contribution in [0.2, 0.25) is 0 Å². The highest BCUT2D eigenvalue weighted by molar-refractivity contribution is 6.54. The average Bonchev–Trinajstić information content (AvgIpc) is 3.26. The van der Waals surface area contributed by atoms with E-state index in [0.29, 0.717) is 6.54 Å². The number of nitrogens with zero attached hydrogens (tertiary/aromatic N) is 2. The van der Waals surface area contributed by atoms with E-state index in [1.165, 1.54) is 12.1 Å². The van der Waals surface area contributed by atoms with E-state index in [4.69, 9.17) is 14.7 Å². The van der Waals surface area contributed by atoms with E-state index in [1.807, 2.05) is 36.4 Å². The van der Waals surface area contributed by atoms with Crippen molar-refractivity contribution in [3.8, 4) is 5.75 Å². The van der Waals surface area contributed by atoms with E-state index in [0.717, 1.165) is 61.1 Å². The lowest BCUT2D eigenvalue weighted by atomic mass is 10.0. The van der Waals surface area contributed by atoms with Gasteiger partial charge >= 0.3 is 6.09 Å². The van der Waals surface area contributed by atoms with Crippen molar-refractivity contribution in [2.75, 3.05) is 6.54 Å². The summed E-state index contributed by atoms with van der Waals surface area (Å²) >= 11 is 0. The number of carbonyl (C=O) groups is 1. The number of unbranched alkanes of at least 4 members (excludes halogenated alkanes) is 4. The van der Waals surface area contributed by atoms with Gasteiger partial charge in [0.1, 0.15) is 5.66 Å². The van der Waals surface area contributed by atoms with Crippen molar-refractivity contribution < 1.29 is 13.9 Å². The summed E-state index contributed by atoms with van der Waals surface area (Å²) in [6.45, 7) is 2.61. The predicted octanol–water partition coefficient (Wildman–Crippen LogP) is 6.96. The molecule has 5 nitrogen and oxygen atoms in total. The summed E-state index contributed by atoms with van der Waals surface area (Å²) in [7, 11) is 0. The Kier molecular flexibility index (Phi) is 8.61. The summed E-state index contributed by atoms with van der Waals surface area (Å²) in [6.07, 6.45) is 5.24. The molecule has 36 heavy (non-hydrogen) atoms.